The van der Waals surface area contributed by atoms with Crippen molar-refractivity contribution in [1.82, 2.24) is 0 Å². The molecule has 0 aliphatic carbocycles. The van der Waals surface area contributed by atoms with E-state index in [0.717, 1.165) is 0 Å². The Kier molecular flexibility index (Phi) is 1.86. The maximum atomic E-state index is 10.3. The van der Waals surface area contributed by atoms with Crippen molar-refractivity contribution < 1.29 is 10.4 Å². The SMILES string of the molecule is Nc1ccccc1[NH+]([O-])O. The summed E-state index contributed by atoms with van der Waals surface area (Å²) in [7, 11) is 0. The number of rotatable bonds is 1. The minimum atomic E-state index is -0.988. The standard InChI is InChI=1S/C6H8N2O2/c7-5-3-1-2-4-6(5)8(9)10/h1-4,8-9H,7H2. The molecule has 1 aromatic rings. The number of nitrogens with two attached hydrogens (primary N) is 1. The van der Waals surface area contributed by atoms with E-state index in [-0.39, 0.29) is 5.69 Å². The Hall–Kier alpha value is -1.10. The number of hydrogen-bond donors (Lipinski definition) is 3. The van der Waals surface area contributed by atoms with Crippen LogP contribution in [0.3, 0.4) is 0 Å². The van der Waals surface area contributed by atoms with Gasteiger partial charge in [0.05, 0.1) is 5.69 Å². The number of nitrogen functional groups attached to an aromatic ring is 1. The zero-order valence-electron chi connectivity index (χ0n) is 5.24. The quantitative estimate of drug-likeness (QED) is 0.369. The highest BCUT2D eigenvalue weighted by Gasteiger charge is 2.01. The molecule has 0 fully saturated rings. The van der Waals surface area contributed by atoms with E-state index in [9.17, 15) is 5.21 Å². The summed E-state index contributed by atoms with van der Waals surface area (Å²) >= 11 is 0. The Bertz CT molecular complexity index is 225. The maximum Gasteiger partial charge on any atom is 0.186 e. The molecule has 0 spiro atoms. The molecule has 0 aliphatic rings. The van der Waals surface area contributed by atoms with E-state index < -0.39 is 5.23 Å². The van der Waals surface area contributed by atoms with Crippen molar-refractivity contribution in [2.24, 2.45) is 0 Å². The van der Waals surface area contributed by atoms with Gasteiger partial charge in [0.15, 0.2) is 5.69 Å². The number of para-hydroxylation sites is 2. The van der Waals surface area contributed by atoms with Crippen LogP contribution >= 0.6 is 0 Å². The van der Waals surface area contributed by atoms with Crippen LogP contribution in [0.5, 0.6) is 0 Å². The van der Waals surface area contributed by atoms with Crippen LogP contribution in [0.25, 0.3) is 0 Å². The van der Waals surface area contributed by atoms with Gasteiger partial charge in [-0.1, -0.05) is 12.1 Å². The summed E-state index contributed by atoms with van der Waals surface area (Å²) in [5, 5.41) is 17.8. The molecule has 0 radical (unpaired) electrons. The molecule has 0 saturated heterocycles. The van der Waals surface area contributed by atoms with E-state index in [1.807, 2.05) is 0 Å². The van der Waals surface area contributed by atoms with Crippen LogP contribution in [0.15, 0.2) is 24.3 Å². The molecule has 0 amide bonds. The lowest BCUT2D eigenvalue weighted by atomic mass is 10.3. The summed E-state index contributed by atoms with van der Waals surface area (Å²) in [4.78, 5) is 0. The molecule has 0 bridgehead atoms. The van der Waals surface area contributed by atoms with Gasteiger partial charge in [0.1, 0.15) is 0 Å². The average Bonchev–Trinajstić information content (AvgIpc) is 1.88. The fourth-order valence-corrected chi connectivity index (χ4v) is 0.692. The molecule has 1 atom stereocenters. The summed E-state index contributed by atoms with van der Waals surface area (Å²) in [6.45, 7) is 0. The Morgan fingerprint density at radius 2 is 2.00 bits per heavy atom. The normalized spacial score (nSPS) is 13.0. The van der Waals surface area contributed by atoms with Gasteiger partial charge in [-0.3, -0.25) is 0 Å². The van der Waals surface area contributed by atoms with E-state index >= 15 is 0 Å². The third-order valence-electron chi connectivity index (χ3n) is 1.19. The van der Waals surface area contributed by atoms with Gasteiger partial charge in [-0.15, -0.1) is 0 Å². The molecule has 10 heavy (non-hydrogen) atoms. The van der Waals surface area contributed by atoms with Gasteiger partial charge >= 0.3 is 0 Å². The average molecular weight is 140 g/mol. The van der Waals surface area contributed by atoms with Crippen LogP contribution in [0.2, 0.25) is 0 Å². The summed E-state index contributed by atoms with van der Waals surface area (Å²) < 4.78 is 0. The van der Waals surface area contributed by atoms with Crippen molar-refractivity contribution in [2.75, 3.05) is 5.73 Å². The number of quaternary nitrogens is 1. The van der Waals surface area contributed by atoms with Crippen molar-refractivity contribution in [3.63, 3.8) is 0 Å². The molecule has 0 aromatic heterocycles. The molecule has 1 unspecified atom stereocenters. The van der Waals surface area contributed by atoms with Crippen LogP contribution in [0.1, 0.15) is 0 Å². The molecule has 1 aromatic carbocycles. The Balaban J connectivity index is 3.03. The first-order valence-electron chi connectivity index (χ1n) is 2.79. The van der Waals surface area contributed by atoms with Gasteiger partial charge in [-0.2, -0.15) is 5.23 Å². The number of benzene rings is 1. The first kappa shape index (κ1) is 7.01. The van der Waals surface area contributed by atoms with Crippen molar-refractivity contribution >= 4 is 11.4 Å². The van der Waals surface area contributed by atoms with Gasteiger partial charge in [0.2, 0.25) is 0 Å². The van der Waals surface area contributed by atoms with Crippen LogP contribution in [0, 0.1) is 5.21 Å². The first-order valence-corrected chi connectivity index (χ1v) is 2.79. The van der Waals surface area contributed by atoms with Crippen molar-refractivity contribution in [1.29, 1.82) is 0 Å². The lowest BCUT2D eigenvalue weighted by Crippen LogP contribution is -2.99. The largest absolute Gasteiger partial charge is 0.595 e. The molecule has 0 aliphatic heterocycles. The third kappa shape index (κ3) is 1.24. The van der Waals surface area contributed by atoms with E-state index in [0.29, 0.717) is 5.69 Å². The number of nitrogens with one attached hydrogen (secondary N) is 1. The third-order valence-corrected chi connectivity index (χ3v) is 1.19. The second-order valence-corrected chi connectivity index (χ2v) is 1.89. The minimum Gasteiger partial charge on any atom is -0.595 e. The number of anilines is 1. The Morgan fingerprint density at radius 1 is 1.40 bits per heavy atom. The van der Waals surface area contributed by atoms with E-state index in [4.69, 9.17) is 10.9 Å². The first-order chi connectivity index (χ1) is 4.72. The molecule has 1 rings (SSSR count). The summed E-state index contributed by atoms with van der Waals surface area (Å²) in [6, 6.07) is 6.36. The molecule has 54 valence electrons. The highest BCUT2D eigenvalue weighted by atomic mass is 16.8. The van der Waals surface area contributed by atoms with Crippen LogP contribution in [-0.2, 0) is 0 Å². The Morgan fingerprint density at radius 3 is 2.40 bits per heavy atom. The van der Waals surface area contributed by atoms with Crippen LogP contribution in [-0.4, -0.2) is 5.21 Å². The number of hydrogen-bond acceptors (Lipinski definition) is 3. The lowest BCUT2D eigenvalue weighted by Gasteiger charge is -2.12. The lowest BCUT2D eigenvalue weighted by molar-refractivity contribution is -0.990. The highest BCUT2D eigenvalue weighted by molar-refractivity contribution is 5.56. The zero-order valence-corrected chi connectivity index (χ0v) is 5.24. The molecule has 4 nitrogen and oxygen atoms in total. The summed E-state index contributed by atoms with van der Waals surface area (Å²) in [5.41, 5.74) is 5.80. The predicted molar refractivity (Wildman–Crippen MR) is 36.6 cm³/mol. The van der Waals surface area contributed by atoms with E-state index in [1.165, 1.54) is 6.07 Å². The smallest absolute Gasteiger partial charge is 0.186 e. The molecule has 0 heterocycles. The fourth-order valence-electron chi connectivity index (χ4n) is 0.692. The van der Waals surface area contributed by atoms with Gasteiger partial charge in [-0.05, 0) is 6.07 Å². The second kappa shape index (κ2) is 2.66. The molecular formula is C6H8N2O2. The van der Waals surface area contributed by atoms with Crippen molar-refractivity contribution in [3.8, 4) is 0 Å². The Labute approximate surface area is 58.0 Å². The fraction of sp³-hybridized carbons (Fsp3) is 0. The second-order valence-electron chi connectivity index (χ2n) is 1.89. The minimum absolute atomic E-state index is 0.155. The van der Waals surface area contributed by atoms with E-state index in [1.54, 1.807) is 18.2 Å². The van der Waals surface area contributed by atoms with Crippen LogP contribution < -0.4 is 11.0 Å². The van der Waals surface area contributed by atoms with Gasteiger partial charge < -0.3 is 10.9 Å². The monoisotopic (exact) mass is 140 g/mol. The summed E-state index contributed by atoms with van der Waals surface area (Å²) in [6.07, 6.45) is 0. The van der Waals surface area contributed by atoms with Gasteiger partial charge in [-0.25, -0.2) is 5.21 Å². The highest BCUT2D eigenvalue weighted by Crippen LogP contribution is 2.10. The van der Waals surface area contributed by atoms with Crippen LogP contribution in [0.4, 0.5) is 11.4 Å². The predicted octanol–water partition coefficient (Wildman–Crippen LogP) is -0.328. The maximum absolute atomic E-state index is 10.3. The topological polar surface area (TPSA) is 73.8 Å². The molecular weight excluding hydrogens is 132 g/mol. The van der Waals surface area contributed by atoms with Crippen molar-refractivity contribution in [3.05, 3.63) is 29.5 Å². The van der Waals surface area contributed by atoms with Gasteiger partial charge in [0.25, 0.3) is 0 Å². The molecule has 4 N–H and O–H groups in total. The molecule has 0 saturated carbocycles. The van der Waals surface area contributed by atoms with E-state index in [2.05, 4.69) is 0 Å². The molecule has 4 heteroatoms. The zero-order chi connectivity index (χ0) is 7.56. The van der Waals surface area contributed by atoms with Crippen molar-refractivity contribution in [2.45, 2.75) is 0 Å². The summed E-state index contributed by atoms with van der Waals surface area (Å²) in [5.74, 6) is 0. The van der Waals surface area contributed by atoms with Gasteiger partial charge in [0, 0.05) is 6.07 Å².